The Kier molecular flexibility index (Phi) is 6.23. The third-order valence-corrected chi connectivity index (χ3v) is 1.30. The molecule has 0 aliphatic rings. The molecule has 0 atom stereocenters. The van der Waals surface area contributed by atoms with Gasteiger partial charge in [0.1, 0.15) is 0 Å². The molecule has 4 heteroatoms. The molecule has 0 saturated heterocycles. The van der Waals surface area contributed by atoms with Crippen molar-refractivity contribution in [2.75, 3.05) is 14.1 Å². The molecule has 72 valence electrons. The zero-order chi connectivity index (χ0) is 10.1. The number of carbonyl (C=O) groups excluding carboxylic acids is 2. The summed E-state index contributed by atoms with van der Waals surface area (Å²) in [4.78, 5) is 21.3. The van der Waals surface area contributed by atoms with Crippen LogP contribution in [-0.2, 0) is 9.59 Å². The van der Waals surface area contributed by atoms with Crippen LogP contribution in [-0.4, -0.2) is 25.9 Å². The van der Waals surface area contributed by atoms with Crippen molar-refractivity contribution in [2.24, 2.45) is 0 Å². The molecule has 0 aliphatic heterocycles. The number of hydrogen-bond acceptors (Lipinski definition) is 2. The van der Waals surface area contributed by atoms with E-state index in [1.54, 1.807) is 26.2 Å². The van der Waals surface area contributed by atoms with E-state index in [-0.39, 0.29) is 11.8 Å². The van der Waals surface area contributed by atoms with Gasteiger partial charge in [0, 0.05) is 14.1 Å². The van der Waals surface area contributed by atoms with E-state index < -0.39 is 0 Å². The molecule has 0 aromatic heterocycles. The molecule has 0 aliphatic carbocycles. The van der Waals surface area contributed by atoms with Crippen molar-refractivity contribution < 1.29 is 9.59 Å². The van der Waals surface area contributed by atoms with Gasteiger partial charge in [-0.05, 0) is 18.6 Å². The van der Waals surface area contributed by atoms with Crippen molar-refractivity contribution >= 4 is 11.8 Å². The summed E-state index contributed by atoms with van der Waals surface area (Å²) in [5, 5.41) is 4.89. The molecule has 0 rings (SSSR count). The minimum Gasteiger partial charge on any atom is -0.356 e. The lowest BCUT2D eigenvalue weighted by Gasteiger charge is -1.89. The van der Waals surface area contributed by atoms with E-state index in [1.807, 2.05) is 0 Å². The topological polar surface area (TPSA) is 58.2 Å². The lowest BCUT2D eigenvalue weighted by atomic mass is 10.3. The quantitative estimate of drug-likeness (QED) is 0.600. The molecule has 0 fully saturated rings. The predicted molar refractivity (Wildman–Crippen MR) is 51.0 cm³/mol. The van der Waals surface area contributed by atoms with Crippen LogP contribution in [0.2, 0.25) is 0 Å². The Hall–Kier alpha value is -1.58. The van der Waals surface area contributed by atoms with E-state index in [1.165, 1.54) is 12.2 Å². The average Bonchev–Trinajstić information content (AvgIpc) is 2.16. The maximum Gasteiger partial charge on any atom is 0.243 e. The third-order valence-electron chi connectivity index (χ3n) is 1.30. The minimum atomic E-state index is -0.145. The van der Waals surface area contributed by atoms with E-state index in [4.69, 9.17) is 0 Å². The summed E-state index contributed by atoms with van der Waals surface area (Å²) in [5.74, 6) is -0.290. The molecule has 0 saturated carbocycles. The number of rotatable bonds is 4. The highest BCUT2D eigenvalue weighted by Crippen LogP contribution is 1.85. The first kappa shape index (κ1) is 11.4. The van der Waals surface area contributed by atoms with Gasteiger partial charge in [-0.3, -0.25) is 9.59 Å². The van der Waals surface area contributed by atoms with Gasteiger partial charge >= 0.3 is 0 Å². The van der Waals surface area contributed by atoms with Crippen LogP contribution in [0, 0.1) is 0 Å². The second kappa shape index (κ2) is 7.09. The summed E-state index contributed by atoms with van der Waals surface area (Å²) in [7, 11) is 3.13. The minimum absolute atomic E-state index is 0.145. The largest absolute Gasteiger partial charge is 0.356 e. The van der Waals surface area contributed by atoms with Gasteiger partial charge in [-0.1, -0.05) is 12.2 Å². The molecule has 0 radical (unpaired) electrons. The Morgan fingerprint density at radius 3 is 1.69 bits per heavy atom. The molecule has 0 aromatic rings. The van der Waals surface area contributed by atoms with Gasteiger partial charge in [0.15, 0.2) is 0 Å². The van der Waals surface area contributed by atoms with E-state index in [2.05, 4.69) is 10.6 Å². The molecule has 0 spiro atoms. The van der Waals surface area contributed by atoms with Crippen molar-refractivity contribution in [3.05, 3.63) is 24.3 Å². The predicted octanol–water partition coefficient (Wildman–Crippen LogP) is -0.0191. The number of amides is 2. The van der Waals surface area contributed by atoms with Gasteiger partial charge in [-0.15, -0.1) is 0 Å². The van der Waals surface area contributed by atoms with Crippen LogP contribution in [0.15, 0.2) is 24.3 Å². The standard InChI is InChI=1S/C9H14N2O2/c1-10-8(12)6-4-3-5-7-9(13)11-2/h4-7H,3H2,1-2H3,(H,10,12)(H,11,13). The second-order valence-corrected chi connectivity index (χ2v) is 2.27. The maximum absolute atomic E-state index is 10.7. The summed E-state index contributed by atoms with van der Waals surface area (Å²) in [6.07, 6.45) is 6.78. The molecule has 0 bridgehead atoms. The van der Waals surface area contributed by atoms with Crippen LogP contribution in [0.5, 0.6) is 0 Å². The van der Waals surface area contributed by atoms with Gasteiger partial charge in [0.2, 0.25) is 11.8 Å². The Labute approximate surface area is 77.7 Å². The van der Waals surface area contributed by atoms with E-state index in [0.717, 1.165) is 0 Å². The molecule has 2 N–H and O–H groups in total. The fraction of sp³-hybridized carbons (Fsp3) is 0.333. The van der Waals surface area contributed by atoms with Crippen molar-refractivity contribution in [3.8, 4) is 0 Å². The normalized spacial score (nSPS) is 10.6. The first-order valence-corrected chi connectivity index (χ1v) is 3.97. The van der Waals surface area contributed by atoms with Gasteiger partial charge in [0.25, 0.3) is 0 Å². The number of likely N-dealkylation sites (N-methyl/N-ethyl adjacent to an activating group) is 2. The highest BCUT2D eigenvalue weighted by Gasteiger charge is 1.87. The maximum atomic E-state index is 10.7. The molecule has 0 aromatic carbocycles. The first-order chi connectivity index (χ1) is 6.20. The summed E-state index contributed by atoms with van der Waals surface area (Å²) in [5.41, 5.74) is 0. The van der Waals surface area contributed by atoms with Crippen molar-refractivity contribution in [2.45, 2.75) is 6.42 Å². The number of nitrogens with one attached hydrogen (secondary N) is 2. The third kappa shape index (κ3) is 6.80. The molecule has 4 nitrogen and oxygen atoms in total. The van der Waals surface area contributed by atoms with E-state index >= 15 is 0 Å². The number of hydrogen-bond donors (Lipinski definition) is 2. The Balaban J connectivity index is 3.66. The van der Waals surface area contributed by atoms with Gasteiger partial charge < -0.3 is 10.6 Å². The lowest BCUT2D eigenvalue weighted by Crippen LogP contribution is -2.14. The number of allylic oxidation sites excluding steroid dienone is 2. The molecular weight excluding hydrogens is 168 g/mol. The fourth-order valence-electron chi connectivity index (χ4n) is 0.595. The summed E-state index contributed by atoms with van der Waals surface area (Å²) < 4.78 is 0. The van der Waals surface area contributed by atoms with Crippen LogP contribution in [0.4, 0.5) is 0 Å². The SMILES string of the molecule is CNC(=O)C=CCC=CC(=O)NC. The van der Waals surface area contributed by atoms with E-state index in [9.17, 15) is 9.59 Å². The molecular formula is C9H14N2O2. The lowest BCUT2D eigenvalue weighted by molar-refractivity contribution is -0.116. The summed E-state index contributed by atoms with van der Waals surface area (Å²) >= 11 is 0. The molecule has 2 amide bonds. The number of carbonyl (C=O) groups is 2. The second-order valence-electron chi connectivity index (χ2n) is 2.27. The zero-order valence-electron chi connectivity index (χ0n) is 7.83. The highest BCUT2D eigenvalue weighted by molar-refractivity contribution is 5.88. The van der Waals surface area contributed by atoms with Crippen LogP contribution in [0.3, 0.4) is 0 Å². The smallest absolute Gasteiger partial charge is 0.243 e. The summed E-state index contributed by atoms with van der Waals surface area (Å²) in [6, 6.07) is 0. The Bertz CT molecular complexity index is 208. The Morgan fingerprint density at radius 2 is 1.38 bits per heavy atom. The summed E-state index contributed by atoms with van der Waals surface area (Å²) in [6.45, 7) is 0. The first-order valence-electron chi connectivity index (χ1n) is 3.97. The van der Waals surface area contributed by atoms with Crippen LogP contribution >= 0.6 is 0 Å². The van der Waals surface area contributed by atoms with Crippen LogP contribution in [0.1, 0.15) is 6.42 Å². The zero-order valence-corrected chi connectivity index (χ0v) is 7.83. The van der Waals surface area contributed by atoms with Crippen LogP contribution in [0.25, 0.3) is 0 Å². The molecule has 0 unspecified atom stereocenters. The van der Waals surface area contributed by atoms with Gasteiger partial charge in [-0.25, -0.2) is 0 Å². The average molecular weight is 182 g/mol. The fourth-order valence-corrected chi connectivity index (χ4v) is 0.595. The molecule has 13 heavy (non-hydrogen) atoms. The van der Waals surface area contributed by atoms with Crippen molar-refractivity contribution in [1.82, 2.24) is 10.6 Å². The van der Waals surface area contributed by atoms with Gasteiger partial charge in [-0.2, -0.15) is 0 Å². The highest BCUT2D eigenvalue weighted by atomic mass is 16.2. The van der Waals surface area contributed by atoms with Gasteiger partial charge in [0.05, 0.1) is 0 Å². The van der Waals surface area contributed by atoms with Crippen molar-refractivity contribution in [1.29, 1.82) is 0 Å². The van der Waals surface area contributed by atoms with Crippen LogP contribution < -0.4 is 10.6 Å². The monoisotopic (exact) mass is 182 g/mol. The van der Waals surface area contributed by atoms with E-state index in [0.29, 0.717) is 6.42 Å². The van der Waals surface area contributed by atoms with Crippen molar-refractivity contribution in [3.63, 3.8) is 0 Å². The molecule has 0 heterocycles. The Morgan fingerprint density at radius 1 is 1.00 bits per heavy atom.